The van der Waals surface area contributed by atoms with Crippen molar-refractivity contribution in [1.82, 2.24) is 0 Å². The Labute approximate surface area is 90.5 Å². The van der Waals surface area contributed by atoms with Crippen molar-refractivity contribution in [2.75, 3.05) is 0 Å². The van der Waals surface area contributed by atoms with Gasteiger partial charge in [-0.05, 0) is 43.0 Å². The summed E-state index contributed by atoms with van der Waals surface area (Å²) in [6.07, 6.45) is 7.66. The Balaban J connectivity index is 2.66. The van der Waals surface area contributed by atoms with Gasteiger partial charge in [0.1, 0.15) is 5.82 Å². The largest absolute Gasteiger partial charge is 0.324 e. The van der Waals surface area contributed by atoms with Crippen LogP contribution < -0.4 is 5.73 Å². The summed E-state index contributed by atoms with van der Waals surface area (Å²) in [5, 5.41) is 0. The fourth-order valence-electron chi connectivity index (χ4n) is 1.63. The highest BCUT2D eigenvalue weighted by Crippen LogP contribution is 2.20. The molecule has 1 rings (SSSR count). The summed E-state index contributed by atoms with van der Waals surface area (Å²) < 4.78 is 12.9. The molecule has 0 bridgehead atoms. The maximum Gasteiger partial charge on any atom is 0.123 e. The van der Waals surface area contributed by atoms with Crippen LogP contribution in [0.2, 0.25) is 0 Å². The van der Waals surface area contributed by atoms with Gasteiger partial charge >= 0.3 is 0 Å². The molecule has 0 aromatic heterocycles. The lowest BCUT2D eigenvalue weighted by atomic mass is 9.97. The van der Waals surface area contributed by atoms with E-state index in [1.54, 1.807) is 6.07 Å². The molecule has 0 saturated carbocycles. The van der Waals surface area contributed by atoms with Gasteiger partial charge in [-0.3, -0.25) is 0 Å². The Hall–Kier alpha value is -1.33. The lowest BCUT2D eigenvalue weighted by Gasteiger charge is -2.13. The summed E-state index contributed by atoms with van der Waals surface area (Å²) in [5.74, 6) is 2.37. The molecule has 0 aliphatic heterocycles. The molecule has 1 aromatic rings. The van der Waals surface area contributed by atoms with E-state index in [0.717, 1.165) is 30.4 Å². The van der Waals surface area contributed by atoms with Crippen LogP contribution >= 0.6 is 0 Å². The van der Waals surface area contributed by atoms with Crippen molar-refractivity contribution >= 4 is 0 Å². The monoisotopic (exact) mass is 205 g/mol. The number of aryl methyl sites for hydroxylation is 1. The molecular formula is C13H16FN. The minimum atomic E-state index is -0.216. The second-order valence-corrected chi connectivity index (χ2v) is 3.70. The third kappa shape index (κ3) is 3.38. The summed E-state index contributed by atoms with van der Waals surface area (Å²) in [6.45, 7) is 1.87. The summed E-state index contributed by atoms with van der Waals surface area (Å²) >= 11 is 0. The topological polar surface area (TPSA) is 26.0 Å². The average molecular weight is 205 g/mol. The van der Waals surface area contributed by atoms with Crippen LogP contribution in [-0.2, 0) is 0 Å². The van der Waals surface area contributed by atoms with Crippen LogP contribution in [0.15, 0.2) is 18.2 Å². The molecule has 0 amide bonds. The Morgan fingerprint density at radius 2 is 2.27 bits per heavy atom. The van der Waals surface area contributed by atoms with Gasteiger partial charge in [-0.25, -0.2) is 4.39 Å². The predicted molar refractivity (Wildman–Crippen MR) is 60.7 cm³/mol. The molecular weight excluding hydrogens is 189 g/mol. The van der Waals surface area contributed by atoms with Crippen molar-refractivity contribution in [2.24, 2.45) is 5.73 Å². The van der Waals surface area contributed by atoms with E-state index >= 15 is 0 Å². The maximum absolute atomic E-state index is 12.9. The molecule has 0 aliphatic rings. The molecule has 80 valence electrons. The van der Waals surface area contributed by atoms with Gasteiger partial charge in [-0.1, -0.05) is 6.07 Å². The zero-order chi connectivity index (χ0) is 11.3. The number of benzene rings is 1. The van der Waals surface area contributed by atoms with Crippen LogP contribution in [0.4, 0.5) is 4.39 Å². The minimum absolute atomic E-state index is 0.0426. The normalized spacial score (nSPS) is 12.1. The predicted octanol–water partition coefficient (Wildman–Crippen LogP) is 2.94. The van der Waals surface area contributed by atoms with Crippen LogP contribution in [0.5, 0.6) is 0 Å². The fraction of sp³-hybridized carbons (Fsp3) is 0.385. The zero-order valence-corrected chi connectivity index (χ0v) is 8.96. The lowest BCUT2D eigenvalue weighted by Crippen LogP contribution is -2.11. The molecule has 15 heavy (non-hydrogen) atoms. The van der Waals surface area contributed by atoms with E-state index in [1.807, 2.05) is 6.92 Å². The van der Waals surface area contributed by atoms with Gasteiger partial charge < -0.3 is 5.73 Å². The number of halogens is 1. The Bertz CT molecular complexity index is 365. The standard InChI is InChI=1S/C13H16FN/c1-3-4-5-6-13(15)12-8-7-11(14)9-10(12)2/h1,7-9,13H,4-6,15H2,2H3. The molecule has 0 fully saturated rings. The number of hydrogen-bond donors (Lipinski definition) is 1. The number of hydrogen-bond acceptors (Lipinski definition) is 1. The van der Waals surface area contributed by atoms with E-state index in [9.17, 15) is 4.39 Å². The van der Waals surface area contributed by atoms with Gasteiger partial charge in [-0.15, -0.1) is 12.3 Å². The van der Waals surface area contributed by atoms with E-state index < -0.39 is 0 Å². The van der Waals surface area contributed by atoms with Gasteiger partial charge in [0.15, 0.2) is 0 Å². The molecule has 1 aromatic carbocycles. The molecule has 1 nitrogen and oxygen atoms in total. The van der Waals surface area contributed by atoms with Crippen LogP contribution in [0.25, 0.3) is 0 Å². The molecule has 1 unspecified atom stereocenters. The molecule has 2 N–H and O–H groups in total. The number of terminal acetylenes is 1. The van der Waals surface area contributed by atoms with E-state index in [2.05, 4.69) is 5.92 Å². The van der Waals surface area contributed by atoms with E-state index in [1.165, 1.54) is 12.1 Å². The first-order valence-electron chi connectivity index (χ1n) is 5.10. The van der Waals surface area contributed by atoms with Gasteiger partial charge in [0.25, 0.3) is 0 Å². The van der Waals surface area contributed by atoms with E-state index in [0.29, 0.717) is 0 Å². The van der Waals surface area contributed by atoms with Gasteiger partial charge in [-0.2, -0.15) is 0 Å². The first-order chi connectivity index (χ1) is 7.15. The van der Waals surface area contributed by atoms with Crippen molar-refractivity contribution in [3.8, 4) is 12.3 Å². The van der Waals surface area contributed by atoms with Crippen molar-refractivity contribution in [1.29, 1.82) is 0 Å². The van der Waals surface area contributed by atoms with Crippen LogP contribution in [0, 0.1) is 25.1 Å². The lowest BCUT2D eigenvalue weighted by molar-refractivity contribution is 0.605. The number of unbranched alkanes of at least 4 members (excludes halogenated alkanes) is 1. The molecule has 0 saturated heterocycles. The first-order valence-corrected chi connectivity index (χ1v) is 5.10. The Kier molecular flexibility index (Phi) is 4.33. The zero-order valence-electron chi connectivity index (χ0n) is 8.96. The first kappa shape index (κ1) is 11.7. The molecule has 2 heteroatoms. The third-order valence-electron chi connectivity index (χ3n) is 2.47. The van der Waals surface area contributed by atoms with Gasteiger partial charge in [0, 0.05) is 12.5 Å². The van der Waals surface area contributed by atoms with Crippen LogP contribution in [0.3, 0.4) is 0 Å². The summed E-state index contributed by atoms with van der Waals surface area (Å²) in [5.41, 5.74) is 7.91. The van der Waals surface area contributed by atoms with E-state index in [4.69, 9.17) is 12.2 Å². The quantitative estimate of drug-likeness (QED) is 0.593. The average Bonchev–Trinajstić information content (AvgIpc) is 2.17. The summed E-state index contributed by atoms with van der Waals surface area (Å²) in [7, 11) is 0. The molecule has 0 heterocycles. The highest BCUT2D eigenvalue weighted by Gasteiger charge is 2.08. The molecule has 1 atom stereocenters. The second kappa shape index (κ2) is 5.53. The van der Waals surface area contributed by atoms with Gasteiger partial charge in [0.2, 0.25) is 0 Å². The Morgan fingerprint density at radius 3 is 2.87 bits per heavy atom. The van der Waals surface area contributed by atoms with Crippen molar-refractivity contribution in [3.05, 3.63) is 35.1 Å². The van der Waals surface area contributed by atoms with E-state index in [-0.39, 0.29) is 11.9 Å². The van der Waals surface area contributed by atoms with Crippen molar-refractivity contribution in [2.45, 2.75) is 32.2 Å². The smallest absolute Gasteiger partial charge is 0.123 e. The molecule has 0 aliphatic carbocycles. The summed E-state index contributed by atoms with van der Waals surface area (Å²) in [6, 6.07) is 4.67. The maximum atomic E-state index is 12.9. The van der Waals surface area contributed by atoms with Gasteiger partial charge in [0.05, 0.1) is 0 Å². The molecule has 0 spiro atoms. The minimum Gasteiger partial charge on any atom is -0.324 e. The Morgan fingerprint density at radius 1 is 1.53 bits per heavy atom. The molecule has 0 radical (unpaired) electrons. The third-order valence-corrected chi connectivity index (χ3v) is 2.47. The highest BCUT2D eigenvalue weighted by atomic mass is 19.1. The number of nitrogens with two attached hydrogens (primary N) is 1. The highest BCUT2D eigenvalue weighted by molar-refractivity contribution is 5.29. The van der Waals surface area contributed by atoms with Crippen molar-refractivity contribution in [3.63, 3.8) is 0 Å². The SMILES string of the molecule is C#CCCCC(N)c1ccc(F)cc1C. The fourth-order valence-corrected chi connectivity index (χ4v) is 1.63. The van der Waals surface area contributed by atoms with Crippen LogP contribution in [0.1, 0.15) is 36.4 Å². The number of rotatable bonds is 4. The van der Waals surface area contributed by atoms with Crippen LogP contribution in [-0.4, -0.2) is 0 Å². The van der Waals surface area contributed by atoms with Crippen molar-refractivity contribution < 1.29 is 4.39 Å². The summed E-state index contributed by atoms with van der Waals surface area (Å²) in [4.78, 5) is 0. The second-order valence-electron chi connectivity index (χ2n) is 3.70.